The van der Waals surface area contributed by atoms with Gasteiger partial charge < -0.3 is 4.90 Å². The van der Waals surface area contributed by atoms with E-state index in [4.69, 9.17) is 0 Å². The van der Waals surface area contributed by atoms with Crippen LogP contribution in [0, 0.1) is 5.82 Å². The summed E-state index contributed by atoms with van der Waals surface area (Å²) in [5, 5.41) is 2.10. The van der Waals surface area contributed by atoms with Crippen LogP contribution in [0.1, 0.15) is 5.56 Å². The number of benzene rings is 1. The van der Waals surface area contributed by atoms with Gasteiger partial charge in [0.2, 0.25) is 17.7 Å². The predicted molar refractivity (Wildman–Crippen MR) is 65.2 cm³/mol. The number of hydrogen-bond donors (Lipinski definition) is 1. The molecule has 1 heterocycles. The molecular weight excluding hydrogens is 251 g/mol. The van der Waals surface area contributed by atoms with Crippen molar-refractivity contribution < 1.29 is 18.8 Å². The van der Waals surface area contributed by atoms with Gasteiger partial charge in [0.05, 0.1) is 0 Å². The van der Waals surface area contributed by atoms with Crippen LogP contribution in [0.25, 0.3) is 6.08 Å². The number of amides is 3. The molecule has 0 bridgehead atoms. The Morgan fingerprint density at radius 2 is 1.95 bits per heavy atom. The lowest BCUT2D eigenvalue weighted by molar-refractivity contribution is -0.143. The lowest BCUT2D eigenvalue weighted by Crippen LogP contribution is -2.52. The monoisotopic (exact) mass is 262 g/mol. The second-order valence-corrected chi connectivity index (χ2v) is 4.05. The van der Waals surface area contributed by atoms with Crippen LogP contribution >= 0.6 is 0 Å². The molecule has 1 fully saturated rings. The summed E-state index contributed by atoms with van der Waals surface area (Å²) in [4.78, 5) is 35.1. The fourth-order valence-electron chi connectivity index (χ4n) is 1.68. The van der Waals surface area contributed by atoms with Gasteiger partial charge in [-0.2, -0.15) is 0 Å². The highest BCUT2D eigenvalue weighted by Crippen LogP contribution is 2.06. The third-order valence-corrected chi connectivity index (χ3v) is 2.53. The van der Waals surface area contributed by atoms with Crippen molar-refractivity contribution in [3.05, 3.63) is 41.7 Å². The van der Waals surface area contributed by atoms with E-state index in [0.29, 0.717) is 5.56 Å². The molecule has 1 aliphatic heterocycles. The maximum Gasteiger partial charge on any atom is 0.247 e. The van der Waals surface area contributed by atoms with E-state index in [-0.39, 0.29) is 13.1 Å². The van der Waals surface area contributed by atoms with E-state index in [1.54, 1.807) is 6.07 Å². The number of halogens is 1. The molecule has 6 heteroatoms. The summed E-state index contributed by atoms with van der Waals surface area (Å²) >= 11 is 0. The van der Waals surface area contributed by atoms with Gasteiger partial charge in [0.25, 0.3) is 0 Å². The molecule has 1 aromatic carbocycles. The number of carbonyl (C=O) groups is 3. The molecule has 98 valence electrons. The van der Waals surface area contributed by atoms with Gasteiger partial charge in [-0.3, -0.25) is 19.7 Å². The van der Waals surface area contributed by atoms with Crippen molar-refractivity contribution in [2.45, 2.75) is 0 Å². The van der Waals surface area contributed by atoms with Crippen molar-refractivity contribution in [3.8, 4) is 0 Å². The van der Waals surface area contributed by atoms with Gasteiger partial charge in [0.1, 0.15) is 18.9 Å². The van der Waals surface area contributed by atoms with Gasteiger partial charge in [-0.25, -0.2) is 4.39 Å². The van der Waals surface area contributed by atoms with Crippen LogP contribution in [-0.2, 0) is 14.4 Å². The maximum atomic E-state index is 12.9. The number of hydrogen-bond acceptors (Lipinski definition) is 3. The molecule has 0 radical (unpaired) electrons. The van der Waals surface area contributed by atoms with Crippen LogP contribution in [0.15, 0.2) is 30.3 Å². The number of imide groups is 1. The van der Waals surface area contributed by atoms with Gasteiger partial charge in [0.15, 0.2) is 0 Å². The van der Waals surface area contributed by atoms with E-state index < -0.39 is 23.5 Å². The minimum Gasteiger partial charge on any atom is -0.321 e. The van der Waals surface area contributed by atoms with E-state index in [2.05, 4.69) is 5.32 Å². The highest BCUT2D eigenvalue weighted by atomic mass is 19.1. The maximum absolute atomic E-state index is 12.9. The molecule has 5 nitrogen and oxygen atoms in total. The summed E-state index contributed by atoms with van der Waals surface area (Å²) in [6.07, 6.45) is 2.64. The van der Waals surface area contributed by atoms with Crippen molar-refractivity contribution in [1.29, 1.82) is 0 Å². The molecule has 0 saturated carbocycles. The first-order chi connectivity index (χ1) is 9.04. The van der Waals surface area contributed by atoms with Crippen LogP contribution < -0.4 is 5.32 Å². The number of nitrogens with one attached hydrogen (secondary N) is 1. The summed E-state index contributed by atoms with van der Waals surface area (Å²) in [5.41, 5.74) is 0.529. The van der Waals surface area contributed by atoms with Gasteiger partial charge in [0, 0.05) is 6.08 Å². The lowest BCUT2D eigenvalue weighted by atomic mass is 10.2. The van der Waals surface area contributed by atoms with Crippen molar-refractivity contribution >= 4 is 23.8 Å². The molecule has 0 atom stereocenters. The van der Waals surface area contributed by atoms with E-state index >= 15 is 0 Å². The molecule has 1 saturated heterocycles. The predicted octanol–water partition coefficient (Wildman–Crippen LogP) is 0.324. The molecule has 19 heavy (non-hydrogen) atoms. The normalized spacial score (nSPS) is 15.7. The Morgan fingerprint density at radius 3 is 2.58 bits per heavy atom. The molecular formula is C13H11FN2O3. The molecule has 1 aliphatic rings. The van der Waals surface area contributed by atoms with Crippen molar-refractivity contribution in [2.24, 2.45) is 0 Å². The first-order valence-electron chi connectivity index (χ1n) is 5.60. The Hall–Kier alpha value is -2.50. The first kappa shape index (κ1) is 12.9. The second kappa shape index (κ2) is 5.43. The standard InChI is InChI=1S/C13H11FN2O3/c14-10-3-1-2-9(6-10)4-5-13(19)16-7-11(17)15-12(18)8-16/h1-6H,7-8H2,(H,15,17,18). The highest BCUT2D eigenvalue weighted by molar-refractivity contribution is 6.04. The zero-order valence-electron chi connectivity index (χ0n) is 9.93. The Morgan fingerprint density at radius 1 is 1.26 bits per heavy atom. The van der Waals surface area contributed by atoms with Gasteiger partial charge >= 0.3 is 0 Å². The molecule has 0 aliphatic carbocycles. The molecule has 1 aromatic rings. The lowest BCUT2D eigenvalue weighted by Gasteiger charge is -2.24. The number of rotatable bonds is 2. The van der Waals surface area contributed by atoms with Crippen molar-refractivity contribution in [1.82, 2.24) is 10.2 Å². The zero-order chi connectivity index (χ0) is 13.8. The van der Waals surface area contributed by atoms with E-state index in [1.807, 2.05) is 0 Å². The van der Waals surface area contributed by atoms with E-state index in [9.17, 15) is 18.8 Å². The fraction of sp³-hybridized carbons (Fsp3) is 0.154. The van der Waals surface area contributed by atoms with E-state index in [0.717, 1.165) is 4.90 Å². The smallest absolute Gasteiger partial charge is 0.247 e. The van der Waals surface area contributed by atoms with E-state index in [1.165, 1.54) is 30.4 Å². The van der Waals surface area contributed by atoms with Gasteiger partial charge in [-0.15, -0.1) is 0 Å². The highest BCUT2D eigenvalue weighted by Gasteiger charge is 2.24. The summed E-state index contributed by atoms with van der Waals surface area (Å²) in [7, 11) is 0. The number of piperazine rings is 1. The topological polar surface area (TPSA) is 66.5 Å². The Labute approximate surface area is 108 Å². The van der Waals surface area contributed by atoms with Crippen LogP contribution in [0.3, 0.4) is 0 Å². The molecule has 3 amide bonds. The first-order valence-corrected chi connectivity index (χ1v) is 5.60. The third-order valence-electron chi connectivity index (χ3n) is 2.53. The molecule has 0 spiro atoms. The minimum absolute atomic E-state index is 0.155. The largest absolute Gasteiger partial charge is 0.321 e. The van der Waals surface area contributed by atoms with Crippen LogP contribution in [-0.4, -0.2) is 35.7 Å². The summed E-state index contributed by atoms with van der Waals surface area (Å²) in [6, 6.07) is 5.74. The summed E-state index contributed by atoms with van der Waals surface area (Å²) in [6.45, 7) is -0.309. The zero-order valence-corrected chi connectivity index (χ0v) is 9.93. The Kier molecular flexibility index (Phi) is 3.70. The molecule has 0 aromatic heterocycles. The average Bonchev–Trinajstić information content (AvgIpc) is 2.35. The fourth-order valence-corrected chi connectivity index (χ4v) is 1.68. The van der Waals surface area contributed by atoms with Crippen molar-refractivity contribution in [3.63, 3.8) is 0 Å². The summed E-state index contributed by atoms with van der Waals surface area (Å²) < 4.78 is 12.9. The third kappa shape index (κ3) is 3.48. The second-order valence-electron chi connectivity index (χ2n) is 4.05. The Balaban J connectivity index is 2.04. The van der Waals surface area contributed by atoms with Gasteiger partial charge in [-0.05, 0) is 23.8 Å². The van der Waals surface area contributed by atoms with Crippen LogP contribution in [0.2, 0.25) is 0 Å². The van der Waals surface area contributed by atoms with Crippen molar-refractivity contribution in [2.75, 3.05) is 13.1 Å². The average molecular weight is 262 g/mol. The number of carbonyl (C=O) groups excluding carboxylic acids is 3. The van der Waals surface area contributed by atoms with Gasteiger partial charge in [-0.1, -0.05) is 12.1 Å². The van der Waals surface area contributed by atoms with Crippen LogP contribution in [0.4, 0.5) is 4.39 Å². The minimum atomic E-state index is -0.510. The molecule has 2 rings (SSSR count). The molecule has 0 unspecified atom stereocenters. The Bertz CT molecular complexity index is 553. The number of nitrogens with zero attached hydrogens (tertiary/aromatic N) is 1. The SMILES string of the molecule is O=C1CN(C(=O)C=Cc2cccc(F)c2)CC(=O)N1. The quantitative estimate of drug-likeness (QED) is 0.616. The van der Waals surface area contributed by atoms with Crippen LogP contribution in [0.5, 0.6) is 0 Å². The molecule has 1 N–H and O–H groups in total. The summed E-state index contributed by atoms with van der Waals surface area (Å²) in [5.74, 6) is -1.89.